The SMILES string of the molecule is CC(=O)Nc1c(C#N)cc(I)c(O)c1I. The van der Waals surface area contributed by atoms with Crippen LogP contribution < -0.4 is 5.32 Å². The summed E-state index contributed by atoms with van der Waals surface area (Å²) >= 11 is 3.82. The number of carbonyl (C=O) groups is 1. The molecule has 0 spiro atoms. The lowest BCUT2D eigenvalue weighted by molar-refractivity contribution is -0.114. The fourth-order valence-electron chi connectivity index (χ4n) is 0.995. The van der Waals surface area contributed by atoms with Gasteiger partial charge in [-0.2, -0.15) is 5.26 Å². The molecule has 1 amide bonds. The van der Waals surface area contributed by atoms with Gasteiger partial charge in [0.05, 0.1) is 18.4 Å². The van der Waals surface area contributed by atoms with Crippen LogP contribution in [0.3, 0.4) is 0 Å². The molecule has 1 aromatic rings. The van der Waals surface area contributed by atoms with Gasteiger partial charge in [0.15, 0.2) is 0 Å². The number of nitriles is 1. The first kappa shape index (κ1) is 12.5. The number of anilines is 1. The molecule has 78 valence electrons. The summed E-state index contributed by atoms with van der Waals surface area (Å²) in [6, 6.07) is 3.51. The number of hydrogen-bond donors (Lipinski definition) is 2. The third-order valence-electron chi connectivity index (χ3n) is 1.62. The number of carbonyl (C=O) groups excluding carboxylic acids is 1. The molecule has 6 heteroatoms. The molecule has 0 saturated heterocycles. The van der Waals surface area contributed by atoms with Crippen molar-refractivity contribution in [2.45, 2.75) is 6.92 Å². The van der Waals surface area contributed by atoms with E-state index in [0.29, 0.717) is 18.4 Å². The molecule has 0 aliphatic heterocycles. The number of phenols is 1. The summed E-state index contributed by atoms with van der Waals surface area (Å²) in [6.07, 6.45) is 0. The Labute approximate surface area is 114 Å². The van der Waals surface area contributed by atoms with Gasteiger partial charge in [0, 0.05) is 6.92 Å². The summed E-state index contributed by atoms with van der Waals surface area (Å²) in [5.74, 6) is -0.191. The number of rotatable bonds is 1. The monoisotopic (exact) mass is 428 g/mol. The summed E-state index contributed by atoms with van der Waals surface area (Å²) < 4.78 is 1.06. The molecular weight excluding hydrogens is 422 g/mol. The topological polar surface area (TPSA) is 73.1 Å². The van der Waals surface area contributed by atoms with Crippen LogP contribution in [0.5, 0.6) is 5.75 Å². The van der Waals surface area contributed by atoms with Crippen molar-refractivity contribution >= 4 is 56.8 Å². The zero-order valence-electron chi connectivity index (χ0n) is 7.64. The molecule has 0 radical (unpaired) electrons. The largest absolute Gasteiger partial charge is 0.506 e. The molecular formula is C9H6I2N2O2. The number of hydrogen-bond acceptors (Lipinski definition) is 3. The minimum atomic E-state index is -0.273. The molecule has 15 heavy (non-hydrogen) atoms. The third-order valence-corrected chi connectivity index (χ3v) is 3.49. The predicted octanol–water partition coefficient (Wildman–Crippen LogP) is 2.43. The van der Waals surface area contributed by atoms with Gasteiger partial charge >= 0.3 is 0 Å². The molecule has 1 rings (SSSR count). The Bertz CT molecular complexity index is 466. The highest BCUT2D eigenvalue weighted by molar-refractivity contribution is 14.1. The van der Waals surface area contributed by atoms with Crippen LogP contribution in [0, 0.1) is 18.5 Å². The maximum absolute atomic E-state index is 10.9. The predicted molar refractivity (Wildman–Crippen MR) is 72.6 cm³/mol. The van der Waals surface area contributed by atoms with Crippen LogP contribution in [0.2, 0.25) is 0 Å². The first-order valence-electron chi connectivity index (χ1n) is 3.86. The first-order valence-corrected chi connectivity index (χ1v) is 6.01. The lowest BCUT2D eigenvalue weighted by Gasteiger charge is -2.10. The van der Waals surface area contributed by atoms with Gasteiger partial charge in [-0.25, -0.2) is 0 Å². The fraction of sp³-hybridized carbons (Fsp3) is 0.111. The number of amides is 1. The Morgan fingerprint density at radius 1 is 1.60 bits per heavy atom. The van der Waals surface area contributed by atoms with Crippen LogP contribution in [-0.4, -0.2) is 11.0 Å². The molecule has 0 aliphatic carbocycles. The smallest absolute Gasteiger partial charge is 0.221 e. The van der Waals surface area contributed by atoms with E-state index in [1.165, 1.54) is 13.0 Å². The van der Waals surface area contributed by atoms with Crippen LogP contribution in [0.25, 0.3) is 0 Å². The fourth-order valence-corrected chi connectivity index (χ4v) is 2.81. The Morgan fingerprint density at radius 2 is 2.20 bits per heavy atom. The summed E-state index contributed by atoms with van der Waals surface area (Å²) in [7, 11) is 0. The zero-order valence-corrected chi connectivity index (χ0v) is 12.0. The normalized spacial score (nSPS) is 9.47. The summed E-state index contributed by atoms with van der Waals surface area (Å²) in [6.45, 7) is 1.35. The van der Waals surface area contributed by atoms with Gasteiger partial charge in [-0.15, -0.1) is 0 Å². The molecule has 0 saturated carbocycles. The number of benzene rings is 1. The van der Waals surface area contributed by atoms with Crippen molar-refractivity contribution < 1.29 is 9.90 Å². The average Bonchev–Trinajstić information content (AvgIpc) is 2.18. The van der Waals surface area contributed by atoms with Gasteiger partial charge in [-0.3, -0.25) is 4.79 Å². The zero-order chi connectivity index (χ0) is 11.6. The van der Waals surface area contributed by atoms with Crippen molar-refractivity contribution in [3.63, 3.8) is 0 Å². The number of aromatic hydroxyl groups is 1. The highest BCUT2D eigenvalue weighted by Crippen LogP contribution is 2.34. The van der Waals surface area contributed by atoms with E-state index in [2.05, 4.69) is 5.32 Å². The van der Waals surface area contributed by atoms with E-state index < -0.39 is 0 Å². The average molecular weight is 428 g/mol. The maximum Gasteiger partial charge on any atom is 0.221 e. The lowest BCUT2D eigenvalue weighted by atomic mass is 10.2. The van der Waals surface area contributed by atoms with Crippen molar-refractivity contribution in [1.29, 1.82) is 5.26 Å². The van der Waals surface area contributed by atoms with Gasteiger partial charge in [-0.1, -0.05) is 0 Å². The molecule has 0 heterocycles. The van der Waals surface area contributed by atoms with Crippen molar-refractivity contribution in [3.05, 3.63) is 18.8 Å². The molecule has 4 nitrogen and oxygen atoms in total. The summed E-state index contributed by atoms with van der Waals surface area (Å²) in [4.78, 5) is 10.9. The Kier molecular flexibility index (Phi) is 4.15. The standard InChI is InChI=1S/C9H6I2N2O2/c1-4(14)13-8-5(3-12)2-6(10)9(15)7(8)11/h2,15H,1H3,(H,13,14). The van der Waals surface area contributed by atoms with Gasteiger partial charge in [0.1, 0.15) is 11.8 Å². The number of nitrogens with one attached hydrogen (secondary N) is 1. The van der Waals surface area contributed by atoms with E-state index in [1.54, 1.807) is 0 Å². The van der Waals surface area contributed by atoms with Crippen molar-refractivity contribution in [1.82, 2.24) is 0 Å². The Hall–Kier alpha value is -0.560. The Balaban J connectivity index is 3.42. The highest BCUT2D eigenvalue weighted by Gasteiger charge is 2.15. The molecule has 0 aliphatic rings. The van der Waals surface area contributed by atoms with E-state index in [9.17, 15) is 9.90 Å². The summed E-state index contributed by atoms with van der Waals surface area (Å²) in [5, 5.41) is 21.1. The van der Waals surface area contributed by atoms with Gasteiger partial charge < -0.3 is 10.4 Å². The van der Waals surface area contributed by atoms with E-state index >= 15 is 0 Å². The van der Waals surface area contributed by atoms with Crippen molar-refractivity contribution in [2.75, 3.05) is 5.32 Å². The number of nitrogens with zero attached hydrogens (tertiary/aromatic N) is 1. The quantitative estimate of drug-likeness (QED) is 0.676. The van der Waals surface area contributed by atoms with E-state index in [0.717, 1.165) is 0 Å². The molecule has 2 N–H and O–H groups in total. The number of phenolic OH excluding ortho intramolecular Hbond substituents is 1. The lowest BCUT2D eigenvalue weighted by Crippen LogP contribution is -2.09. The first-order chi connectivity index (χ1) is 6.97. The minimum absolute atomic E-state index is 0.0824. The molecule has 0 bridgehead atoms. The van der Waals surface area contributed by atoms with Crippen molar-refractivity contribution in [3.8, 4) is 11.8 Å². The molecule has 0 fully saturated rings. The second-order valence-corrected chi connectivity index (χ2v) is 4.98. The Morgan fingerprint density at radius 3 is 2.67 bits per heavy atom. The second-order valence-electron chi connectivity index (χ2n) is 2.74. The van der Waals surface area contributed by atoms with Crippen LogP contribution in [0.1, 0.15) is 12.5 Å². The van der Waals surface area contributed by atoms with Gasteiger partial charge in [0.25, 0.3) is 0 Å². The van der Waals surface area contributed by atoms with Crippen LogP contribution in [0.4, 0.5) is 5.69 Å². The molecule has 0 aromatic heterocycles. The van der Waals surface area contributed by atoms with Crippen LogP contribution >= 0.6 is 45.2 Å². The highest BCUT2D eigenvalue weighted by atomic mass is 127. The van der Waals surface area contributed by atoms with E-state index in [1.807, 2.05) is 51.3 Å². The molecule has 1 aromatic carbocycles. The third kappa shape index (κ3) is 2.72. The van der Waals surface area contributed by atoms with Crippen LogP contribution in [0.15, 0.2) is 6.07 Å². The molecule has 0 unspecified atom stereocenters. The summed E-state index contributed by atoms with van der Waals surface area (Å²) in [5.41, 5.74) is 0.709. The van der Waals surface area contributed by atoms with Crippen LogP contribution in [-0.2, 0) is 4.79 Å². The molecule has 0 atom stereocenters. The van der Waals surface area contributed by atoms with E-state index in [4.69, 9.17) is 5.26 Å². The number of halogens is 2. The minimum Gasteiger partial charge on any atom is -0.506 e. The van der Waals surface area contributed by atoms with Gasteiger partial charge in [-0.05, 0) is 51.2 Å². The van der Waals surface area contributed by atoms with Crippen molar-refractivity contribution in [2.24, 2.45) is 0 Å². The van der Waals surface area contributed by atoms with E-state index in [-0.39, 0.29) is 11.7 Å². The second kappa shape index (κ2) is 4.98. The van der Waals surface area contributed by atoms with Gasteiger partial charge in [0.2, 0.25) is 5.91 Å². The maximum atomic E-state index is 10.9.